The summed E-state index contributed by atoms with van der Waals surface area (Å²) in [6.45, 7) is 0.469. The van der Waals surface area contributed by atoms with Gasteiger partial charge in [0.25, 0.3) is 0 Å². The number of aromatic nitrogens is 3. The maximum Gasteiger partial charge on any atom is 0.337 e. The molecule has 7 nitrogen and oxygen atoms in total. The summed E-state index contributed by atoms with van der Waals surface area (Å²) in [5.74, 6) is 1.11. The number of benzene rings is 3. The third-order valence-corrected chi connectivity index (χ3v) is 6.21. The van der Waals surface area contributed by atoms with Crippen molar-refractivity contribution in [2.24, 2.45) is 0 Å². The summed E-state index contributed by atoms with van der Waals surface area (Å²) >= 11 is 0. The van der Waals surface area contributed by atoms with Gasteiger partial charge < -0.3 is 24.0 Å². The molecule has 172 valence electrons. The molecule has 0 unspecified atom stereocenters. The van der Waals surface area contributed by atoms with Crippen LogP contribution in [0.2, 0.25) is 0 Å². The van der Waals surface area contributed by atoms with Crippen LogP contribution < -0.4 is 5.73 Å². The van der Waals surface area contributed by atoms with Crippen LogP contribution in [0.3, 0.4) is 0 Å². The van der Waals surface area contributed by atoms with Gasteiger partial charge in [-0.3, -0.25) is 0 Å². The minimum atomic E-state index is -0.405. The van der Waals surface area contributed by atoms with Gasteiger partial charge in [0, 0.05) is 11.8 Å². The van der Waals surface area contributed by atoms with Crippen molar-refractivity contribution in [3.63, 3.8) is 0 Å². The average molecular weight is 463 g/mol. The number of furan rings is 1. The van der Waals surface area contributed by atoms with Crippen molar-refractivity contribution in [1.29, 1.82) is 0 Å². The highest BCUT2D eigenvalue weighted by Crippen LogP contribution is 2.35. The van der Waals surface area contributed by atoms with E-state index in [1.807, 2.05) is 54.7 Å². The molecule has 0 aliphatic carbocycles. The number of rotatable bonds is 5. The van der Waals surface area contributed by atoms with Gasteiger partial charge in [0.05, 0.1) is 53.4 Å². The van der Waals surface area contributed by atoms with E-state index in [0.717, 1.165) is 39.3 Å². The van der Waals surface area contributed by atoms with Crippen molar-refractivity contribution in [1.82, 2.24) is 14.1 Å². The van der Waals surface area contributed by atoms with Gasteiger partial charge in [0.1, 0.15) is 11.6 Å². The third-order valence-electron chi connectivity index (χ3n) is 6.21. The molecule has 3 aromatic carbocycles. The van der Waals surface area contributed by atoms with E-state index in [-0.39, 0.29) is 0 Å². The van der Waals surface area contributed by atoms with E-state index in [4.69, 9.17) is 19.9 Å². The highest BCUT2D eigenvalue weighted by molar-refractivity contribution is 5.95. The first-order chi connectivity index (χ1) is 17.1. The Bertz CT molecular complexity index is 1690. The molecule has 0 aliphatic rings. The van der Waals surface area contributed by atoms with Gasteiger partial charge in [-0.2, -0.15) is 0 Å². The Hall–Kier alpha value is -4.78. The predicted molar refractivity (Wildman–Crippen MR) is 136 cm³/mol. The second-order valence-corrected chi connectivity index (χ2v) is 8.28. The molecule has 0 bridgehead atoms. The highest BCUT2D eigenvalue weighted by Gasteiger charge is 2.21. The zero-order chi connectivity index (χ0) is 23.9. The summed E-state index contributed by atoms with van der Waals surface area (Å²) in [7, 11) is 1.37. The Morgan fingerprint density at radius 1 is 1.00 bits per heavy atom. The molecule has 0 aliphatic heterocycles. The smallest absolute Gasteiger partial charge is 0.337 e. The highest BCUT2D eigenvalue weighted by atomic mass is 16.5. The van der Waals surface area contributed by atoms with Crippen LogP contribution in [-0.2, 0) is 11.3 Å². The molecule has 2 N–H and O–H groups in total. The topological polar surface area (TPSA) is 88.2 Å². The van der Waals surface area contributed by atoms with Crippen LogP contribution in [0.25, 0.3) is 39.0 Å². The summed E-state index contributed by atoms with van der Waals surface area (Å²) in [4.78, 5) is 17.1. The molecule has 0 radical (unpaired) electrons. The molecule has 0 fully saturated rings. The quantitative estimate of drug-likeness (QED) is 0.264. The van der Waals surface area contributed by atoms with E-state index in [1.165, 1.54) is 7.11 Å². The van der Waals surface area contributed by atoms with E-state index in [2.05, 4.69) is 27.3 Å². The van der Waals surface area contributed by atoms with Gasteiger partial charge in [-0.1, -0.05) is 24.3 Å². The van der Waals surface area contributed by atoms with Crippen LogP contribution in [0.5, 0.6) is 0 Å². The maximum atomic E-state index is 12.2. The Labute approximate surface area is 201 Å². The molecule has 0 spiro atoms. The molecular weight excluding hydrogens is 440 g/mol. The first-order valence-electron chi connectivity index (χ1n) is 11.2. The maximum absolute atomic E-state index is 12.2. The fraction of sp³-hybridized carbons (Fsp3) is 0.0714. The number of ether oxygens (including phenoxy) is 1. The second-order valence-electron chi connectivity index (χ2n) is 8.28. The number of methoxy groups -OCH3 is 1. The van der Waals surface area contributed by atoms with Crippen LogP contribution in [0.4, 0.5) is 5.69 Å². The number of hydrogen-bond acceptors (Lipinski definition) is 5. The largest absolute Gasteiger partial charge is 0.467 e. The normalized spacial score (nSPS) is 11.3. The van der Waals surface area contributed by atoms with Crippen LogP contribution in [0.1, 0.15) is 16.1 Å². The standard InChI is InChI=1S/C28H22N4O3/c1-34-28(33)19-11-12-25-23(16-19)30-27(32(25)17-20-7-5-15-35-20)21-8-4-9-22(29)26(21)31-14-13-18-6-2-3-10-24(18)31/h2-16H,17,29H2,1H3. The number of para-hydroxylation sites is 2. The molecule has 0 amide bonds. The lowest BCUT2D eigenvalue weighted by Crippen LogP contribution is -2.06. The molecule has 6 aromatic rings. The second kappa shape index (κ2) is 8.22. The Kier molecular flexibility index (Phi) is 4.88. The number of hydrogen-bond donors (Lipinski definition) is 1. The molecule has 35 heavy (non-hydrogen) atoms. The van der Waals surface area contributed by atoms with Crippen molar-refractivity contribution in [3.8, 4) is 17.1 Å². The third kappa shape index (κ3) is 3.45. The number of fused-ring (bicyclic) bond motifs is 2. The summed E-state index contributed by atoms with van der Waals surface area (Å²) in [6, 6.07) is 25.3. The minimum absolute atomic E-state index is 0.405. The fourth-order valence-electron chi connectivity index (χ4n) is 4.59. The van der Waals surface area contributed by atoms with Crippen molar-refractivity contribution in [3.05, 3.63) is 103 Å². The number of nitrogen functional groups attached to an aromatic ring is 1. The van der Waals surface area contributed by atoms with E-state index < -0.39 is 5.97 Å². The molecule has 3 aromatic heterocycles. The van der Waals surface area contributed by atoms with Crippen LogP contribution in [0.15, 0.2) is 95.7 Å². The number of esters is 1. The number of carbonyl (C=O) groups excluding carboxylic acids is 1. The zero-order valence-corrected chi connectivity index (χ0v) is 19.0. The van der Waals surface area contributed by atoms with E-state index >= 15 is 0 Å². The van der Waals surface area contributed by atoms with E-state index in [1.54, 1.807) is 18.4 Å². The van der Waals surface area contributed by atoms with Gasteiger partial charge in [-0.25, -0.2) is 9.78 Å². The number of imidazole rings is 1. The van der Waals surface area contributed by atoms with Crippen molar-refractivity contribution >= 4 is 33.6 Å². The SMILES string of the molecule is COC(=O)c1ccc2c(c1)nc(-c1cccc(N)c1-n1ccc3ccccc31)n2Cc1ccco1. The summed E-state index contributed by atoms with van der Waals surface area (Å²) in [6.07, 6.45) is 3.68. The Morgan fingerprint density at radius 3 is 2.71 bits per heavy atom. The first-order valence-corrected chi connectivity index (χ1v) is 11.2. The number of nitrogens with two attached hydrogens (primary N) is 1. The summed E-state index contributed by atoms with van der Waals surface area (Å²) in [5, 5.41) is 1.12. The molecule has 0 saturated heterocycles. The fourth-order valence-corrected chi connectivity index (χ4v) is 4.59. The lowest BCUT2D eigenvalue weighted by atomic mass is 10.1. The monoisotopic (exact) mass is 462 g/mol. The summed E-state index contributed by atoms with van der Waals surface area (Å²) < 4.78 is 14.7. The van der Waals surface area contributed by atoms with E-state index in [9.17, 15) is 4.79 Å². The van der Waals surface area contributed by atoms with Gasteiger partial charge in [-0.15, -0.1) is 0 Å². The van der Waals surface area contributed by atoms with E-state index in [0.29, 0.717) is 23.3 Å². The van der Waals surface area contributed by atoms with Crippen LogP contribution in [-0.4, -0.2) is 27.2 Å². The molecule has 6 rings (SSSR count). The zero-order valence-electron chi connectivity index (χ0n) is 19.0. The number of nitrogens with zero attached hydrogens (tertiary/aromatic N) is 3. The van der Waals surface area contributed by atoms with Crippen molar-refractivity contribution < 1.29 is 13.9 Å². The molecule has 7 heteroatoms. The Balaban J connectivity index is 1.62. The molecule has 3 heterocycles. The van der Waals surface area contributed by atoms with Gasteiger partial charge in [0.2, 0.25) is 0 Å². The van der Waals surface area contributed by atoms with Gasteiger partial charge in [0.15, 0.2) is 0 Å². The lowest BCUT2D eigenvalue weighted by molar-refractivity contribution is 0.0601. The molecule has 0 atom stereocenters. The first kappa shape index (κ1) is 20.8. The molecule has 0 saturated carbocycles. The Morgan fingerprint density at radius 2 is 1.89 bits per heavy atom. The lowest BCUT2D eigenvalue weighted by Gasteiger charge is -2.16. The van der Waals surface area contributed by atoms with Crippen LogP contribution >= 0.6 is 0 Å². The van der Waals surface area contributed by atoms with Gasteiger partial charge >= 0.3 is 5.97 Å². The number of carbonyl (C=O) groups is 1. The molecular formula is C28H22N4O3. The van der Waals surface area contributed by atoms with Crippen LogP contribution in [0, 0.1) is 0 Å². The predicted octanol–water partition coefficient (Wildman–Crippen LogP) is 5.66. The van der Waals surface area contributed by atoms with Gasteiger partial charge in [-0.05, 0) is 60.0 Å². The summed E-state index contributed by atoms with van der Waals surface area (Å²) in [5.41, 5.74) is 12.0. The minimum Gasteiger partial charge on any atom is -0.467 e. The number of anilines is 1. The van der Waals surface area contributed by atoms with Crippen molar-refractivity contribution in [2.45, 2.75) is 6.54 Å². The van der Waals surface area contributed by atoms with Crippen molar-refractivity contribution in [2.75, 3.05) is 12.8 Å². The average Bonchev–Trinajstić information content (AvgIpc) is 3.63.